The van der Waals surface area contributed by atoms with E-state index in [-0.39, 0.29) is 45.6 Å². The highest BCUT2D eigenvalue weighted by Gasteiger charge is 2.71. The van der Waals surface area contributed by atoms with Crippen LogP contribution in [0.25, 0.3) is 0 Å². The largest absolute Gasteiger partial charge is 0.481 e. The second kappa shape index (κ2) is 13.6. The molecule has 7 aliphatic rings. The van der Waals surface area contributed by atoms with Gasteiger partial charge in [0, 0.05) is 44.1 Å². The molecule has 2 heterocycles. The van der Waals surface area contributed by atoms with Crippen molar-refractivity contribution < 1.29 is 29.0 Å². The predicted octanol–water partition coefficient (Wildman–Crippen LogP) is 8.38. The molecular weight excluding hydrogens is 665 g/mol. The third kappa shape index (κ3) is 6.25. The molecule has 8 nitrogen and oxygen atoms in total. The molecule has 2 aliphatic heterocycles. The number of likely N-dealkylation sites (tertiary alicyclic amines) is 1. The van der Waals surface area contributed by atoms with E-state index in [2.05, 4.69) is 57.9 Å². The zero-order valence-corrected chi connectivity index (χ0v) is 34.6. The van der Waals surface area contributed by atoms with E-state index in [1.807, 2.05) is 0 Å². The van der Waals surface area contributed by atoms with Crippen molar-refractivity contribution >= 4 is 17.8 Å². The maximum Gasteiger partial charge on any atom is 0.309 e. The van der Waals surface area contributed by atoms with Gasteiger partial charge in [-0.3, -0.25) is 19.3 Å². The average molecular weight is 737 g/mol. The standard InChI is InChI=1S/C45H72N2O6/c1-29(2)31-12-18-45(26-36(48)47-21-15-30(28-47)46-22-24-52-25-23-46)20-19-43(8)32(38(31)45)10-11-34-42(7)16-14-35(53-37(49)27-40(3,4)39(50)51)41(5,6)33(42)13-17-44(34,43)9/h30-35,38H,1,10-28H2,2-9H3,(H,50,51)/t30-,31+,32-,33+,34-,35+,38-,42+,43-,44?,45-/m1/s1. The zero-order chi connectivity index (χ0) is 38.4. The molecule has 5 aliphatic carbocycles. The van der Waals surface area contributed by atoms with Gasteiger partial charge in [-0.2, -0.15) is 0 Å². The van der Waals surface area contributed by atoms with E-state index >= 15 is 0 Å². The van der Waals surface area contributed by atoms with Crippen LogP contribution in [-0.2, 0) is 23.9 Å². The van der Waals surface area contributed by atoms with Crippen molar-refractivity contribution in [1.29, 1.82) is 0 Å². The number of allylic oxidation sites excluding steroid dienone is 1. The van der Waals surface area contributed by atoms with Crippen molar-refractivity contribution in [3.63, 3.8) is 0 Å². The van der Waals surface area contributed by atoms with Gasteiger partial charge in [-0.15, -0.1) is 0 Å². The molecule has 0 aromatic carbocycles. The Balaban J connectivity index is 1.10. The van der Waals surface area contributed by atoms with Crippen LogP contribution >= 0.6 is 0 Å². The Morgan fingerprint density at radius 1 is 0.849 bits per heavy atom. The molecule has 53 heavy (non-hydrogen) atoms. The maximum absolute atomic E-state index is 14.3. The van der Waals surface area contributed by atoms with E-state index in [0.29, 0.717) is 48.0 Å². The summed E-state index contributed by atoms with van der Waals surface area (Å²) in [5, 5.41) is 9.63. The summed E-state index contributed by atoms with van der Waals surface area (Å²) in [5.74, 6) is 1.68. The topological polar surface area (TPSA) is 96.4 Å². The summed E-state index contributed by atoms with van der Waals surface area (Å²) >= 11 is 0. The number of fused-ring (bicyclic) bond motifs is 7. The number of carboxylic acid groups (broad SMARTS) is 1. The molecule has 8 heteroatoms. The van der Waals surface area contributed by atoms with Gasteiger partial charge >= 0.3 is 11.9 Å². The van der Waals surface area contributed by atoms with Gasteiger partial charge in [-0.1, -0.05) is 46.8 Å². The number of rotatable bonds is 8. The Bertz CT molecular complexity index is 1470. The van der Waals surface area contributed by atoms with Gasteiger partial charge in [0.05, 0.1) is 25.0 Å². The van der Waals surface area contributed by atoms with E-state index in [9.17, 15) is 19.5 Å². The van der Waals surface area contributed by atoms with Crippen molar-refractivity contribution in [3.8, 4) is 0 Å². The Morgan fingerprint density at radius 3 is 2.25 bits per heavy atom. The quantitative estimate of drug-likeness (QED) is 0.198. The first-order valence-corrected chi connectivity index (χ1v) is 21.5. The first-order chi connectivity index (χ1) is 24.8. The third-order valence-corrected chi connectivity index (χ3v) is 18.2. The van der Waals surface area contributed by atoms with Gasteiger partial charge in [0.1, 0.15) is 6.10 Å². The van der Waals surface area contributed by atoms with E-state index in [1.54, 1.807) is 13.8 Å². The van der Waals surface area contributed by atoms with Crippen LogP contribution in [0.1, 0.15) is 139 Å². The number of amides is 1. The number of hydrogen-bond donors (Lipinski definition) is 1. The first kappa shape index (κ1) is 39.3. The van der Waals surface area contributed by atoms with Gasteiger partial charge in [-0.25, -0.2) is 0 Å². The minimum absolute atomic E-state index is 0.0748. The predicted molar refractivity (Wildman–Crippen MR) is 207 cm³/mol. The number of ether oxygens (including phenoxy) is 2. The van der Waals surface area contributed by atoms with E-state index in [0.717, 1.165) is 77.9 Å². The second-order valence-corrected chi connectivity index (χ2v) is 21.4. The molecule has 5 saturated carbocycles. The molecule has 298 valence electrons. The van der Waals surface area contributed by atoms with Crippen molar-refractivity contribution in [3.05, 3.63) is 12.2 Å². The fourth-order valence-corrected chi connectivity index (χ4v) is 15.0. The molecule has 2 saturated heterocycles. The van der Waals surface area contributed by atoms with Crippen molar-refractivity contribution in [2.24, 2.45) is 62.1 Å². The smallest absolute Gasteiger partial charge is 0.309 e. The summed E-state index contributed by atoms with van der Waals surface area (Å²) in [5.41, 5.74) is 0.615. The Kier molecular flexibility index (Phi) is 10.1. The number of carbonyl (C=O) groups is 3. The lowest BCUT2D eigenvalue weighted by molar-refractivity contribution is -0.250. The molecule has 0 aromatic heterocycles. The summed E-state index contributed by atoms with van der Waals surface area (Å²) in [6.07, 6.45) is 12.8. The van der Waals surface area contributed by atoms with Crippen LogP contribution in [0, 0.1) is 62.1 Å². The Labute approximate surface area is 320 Å². The lowest BCUT2D eigenvalue weighted by atomic mass is 9.32. The van der Waals surface area contributed by atoms with Gasteiger partial charge < -0.3 is 19.5 Å². The monoisotopic (exact) mass is 737 g/mol. The number of carboxylic acids is 1. The second-order valence-electron chi connectivity index (χ2n) is 21.4. The van der Waals surface area contributed by atoms with Gasteiger partial charge in [0.15, 0.2) is 0 Å². The van der Waals surface area contributed by atoms with E-state index in [4.69, 9.17) is 9.47 Å². The molecule has 0 bridgehead atoms. The summed E-state index contributed by atoms with van der Waals surface area (Å²) < 4.78 is 11.8. The summed E-state index contributed by atoms with van der Waals surface area (Å²) in [6, 6.07) is 0.473. The highest BCUT2D eigenvalue weighted by Crippen LogP contribution is 2.78. The molecule has 0 spiro atoms. The highest BCUT2D eigenvalue weighted by molar-refractivity contribution is 5.81. The van der Waals surface area contributed by atoms with Crippen LogP contribution in [-0.4, -0.2) is 84.3 Å². The molecule has 1 unspecified atom stereocenters. The third-order valence-electron chi connectivity index (χ3n) is 18.2. The van der Waals surface area contributed by atoms with Gasteiger partial charge in [0.25, 0.3) is 0 Å². The molecule has 1 N–H and O–H groups in total. The first-order valence-electron chi connectivity index (χ1n) is 21.5. The van der Waals surface area contributed by atoms with Crippen molar-refractivity contribution in [1.82, 2.24) is 9.80 Å². The van der Waals surface area contributed by atoms with Crippen molar-refractivity contribution in [2.75, 3.05) is 39.4 Å². The van der Waals surface area contributed by atoms with E-state index < -0.39 is 11.4 Å². The molecule has 0 radical (unpaired) electrons. The van der Waals surface area contributed by atoms with Crippen LogP contribution in [0.3, 0.4) is 0 Å². The summed E-state index contributed by atoms with van der Waals surface area (Å²) in [6.45, 7) is 28.0. The van der Waals surface area contributed by atoms with Crippen LogP contribution in [0.2, 0.25) is 0 Å². The van der Waals surface area contributed by atoms with Crippen LogP contribution in [0.4, 0.5) is 0 Å². The average Bonchev–Trinajstić information content (AvgIpc) is 3.73. The number of esters is 1. The number of nitrogens with zero attached hydrogens (tertiary/aromatic N) is 2. The number of carbonyl (C=O) groups excluding carboxylic acids is 2. The summed E-state index contributed by atoms with van der Waals surface area (Å²) in [4.78, 5) is 44.0. The SMILES string of the molecule is C=C(C)[C@@H]1CC[C@]2(CC(=O)N3CC[C@@H](N4CCOCC4)C3)CC[C@]3(C)[C@H](CC[C@H]4C3(C)CC[C@H]3C(C)(C)[C@@H](OC(=O)CC(C)(C)C(=O)O)CC[C@@]34C)[C@@H]12. The van der Waals surface area contributed by atoms with Gasteiger partial charge in [0.2, 0.25) is 5.91 Å². The normalized spacial score (nSPS) is 43.9. The lowest BCUT2D eigenvalue weighted by Crippen LogP contribution is -2.67. The van der Waals surface area contributed by atoms with Gasteiger partial charge in [-0.05, 0) is 143 Å². The molecule has 11 atom stereocenters. The minimum Gasteiger partial charge on any atom is -0.481 e. The Morgan fingerprint density at radius 2 is 1.57 bits per heavy atom. The lowest BCUT2D eigenvalue weighted by Gasteiger charge is -2.73. The molecule has 7 rings (SSSR count). The van der Waals surface area contributed by atoms with Crippen molar-refractivity contribution in [2.45, 2.75) is 151 Å². The molecule has 7 fully saturated rings. The maximum atomic E-state index is 14.3. The fourth-order valence-electron chi connectivity index (χ4n) is 15.0. The van der Waals surface area contributed by atoms with Crippen LogP contribution in [0.15, 0.2) is 12.2 Å². The number of hydrogen-bond acceptors (Lipinski definition) is 6. The zero-order valence-electron chi connectivity index (χ0n) is 34.6. The molecule has 0 aromatic rings. The number of morpholine rings is 1. The fraction of sp³-hybridized carbons (Fsp3) is 0.889. The number of aliphatic carboxylic acids is 1. The Hall–Kier alpha value is -1.93. The van der Waals surface area contributed by atoms with E-state index in [1.165, 1.54) is 37.7 Å². The minimum atomic E-state index is -1.14. The molecular formula is C45H72N2O6. The van der Waals surface area contributed by atoms with Crippen LogP contribution in [0.5, 0.6) is 0 Å². The summed E-state index contributed by atoms with van der Waals surface area (Å²) in [7, 11) is 0. The highest BCUT2D eigenvalue weighted by atomic mass is 16.5. The van der Waals surface area contributed by atoms with Crippen LogP contribution < -0.4 is 0 Å². The molecule has 1 amide bonds.